The average Bonchev–Trinajstić information content (AvgIpc) is 3.11. The van der Waals surface area contributed by atoms with Gasteiger partial charge in [-0.2, -0.15) is 0 Å². The third kappa shape index (κ3) is 4.06. The summed E-state index contributed by atoms with van der Waals surface area (Å²) in [6, 6.07) is 0. The van der Waals surface area contributed by atoms with Crippen LogP contribution in [0.15, 0.2) is 11.6 Å². The molecule has 3 heteroatoms. The molecule has 9 atom stereocenters. The number of hydrogen-bond acceptors (Lipinski definition) is 3. The maximum Gasteiger partial charge on any atom is 0.179 e. The first-order valence-corrected chi connectivity index (χ1v) is 14.2. The van der Waals surface area contributed by atoms with Crippen molar-refractivity contribution in [3.05, 3.63) is 11.6 Å². The molecule has 0 amide bonds. The SMILES string of the molecule is CCOC1(OC)C[C@H](O)CC2=CC[C@H]3[C@@H]4CC[C@H]([C@H](C)CCCC(C)C)[C@@]4(C)CC[C@@H]3[C@]21C. The summed E-state index contributed by atoms with van der Waals surface area (Å²) in [5.74, 6) is 3.95. The maximum atomic E-state index is 10.7. The van der Waals surface area contributed by atoms with Crippen molar-refractivity contribution < 1.29 is 14.6 Å². The third-order valence-electron chi connectivity index (χ3n) is 11.1. The number of methoxy groups -OCH3 is 1. The van der Waals surface area contributed by atoms with E-state index < -0.39 is 5.79 Å². The number of rotatable bonds is 8. The van der Waals surface area contributed by atoms with E-state index in [9.17, 15) is 5.11 Å². The molecule has 1 unspecified atom stereocenters. The van der Waals surface area contributed by atoms with Crippen molar-refractivity contribution in [2.75, 3.05) is 13.7 Å². The van der Waals surface area contributed by atoms with Gasteiger partial charge in [-0.05, 0) is 86.4 Å². The van der Waals surface area contributed by atoms with Crippen LogP contribution >= 0.6 is 0 Å². The molecule has 3 saturated carbocycles. The van der Waals surface area contributed by atoms with Crippen molar-refractivity contribution in [1.29, 1.82) is 0 Å². The van der Waals surface area contributed by atoms with Gasteiger partial charge in [0.2, 0.25) is 0 Å². The van der Waals surface area contributed by atoms with Crippen LogP contribution in [-0.4, -0.2) is 30.7 Å². The lowest BCUT2D eigenvalue weighted by Crippen LogP contribution is -2.63. The number of hydrogen-bond donors (Lipinski definition) is 1. The molecule has 0 heterocycles. The van der Waals surface area contributed by atoms with Crippen LogP contribution in [-0.2, 0) is 9.47 Å². The molecule has 0 aliphatic heterocycles. The van der Waals surface area contributed by atoms with Crippen molar-refractivity contribution >= 4 is 0 Å². The Bertz CT molecular complexity index is 715. The highest BCUT2D eigenvalue weighted by molar-refractivity contribution is 5.30. The Labute approximate surface area is 204 Å². The van der Waals surface area contributed by atoms with Crippen LogP contribution in [0.2, 0.25) is 0 Å². The molecule has 1 N–H and O–H groups in total. The number of aliphatic hydroxyl groups excluding tert-OH is 1. The summed E-state index contributed by atoms with van der Waals surface area (Å²) in [5, 5.41) is 10.7. The summed E-state index contributed by atoms with van der Waals surface area (Å²) in [6.45, 7) is 15.0. The second kappa shape index (κ2) is 9.58. The lowest BCUT2D eigenvalue weighted by molar-refractivity contribution is -0.316. The monoisotopic (exact) mass is 460 g/mol. The fourth-order valence-electron chi connectivity index (χ4n) is 9.55. The standard InChI is InChI=1S/C30H52O3/c1-8-33-30(32-7)19-23(31)18-22-12-13-24-26-15-14-25(21(4)11-9-10-20(2)3)28(26,5)17-16-27(24)29(22,30)6/h12,20-21,23-27,31H,8-11,13-19H2,1-7H3/t21-,23-,24+,25-,26+,27+,28-,29+,30?/m1/s1. The minimum Gasteiger partial charge on any atom is -0.393 e. The molecular formula is C30H52O3. The van der Waals surface area contributed by atoms with Crippen LogP contribution in [0.25, 0.3) is 0 Å². The number of allylic oxidation sites excluding steroid dienone is 1. The Morgan fingerprint density at radius 3 is 2.52 bits per heavy atom. The number of aliphatic hydroxyl groups is 1. The lowest BCUT2D eigenvalue weighted by atomic mass is 9.45. The van der Waals surface area contributed by atoms with Gasteiger partial charge in [0, 0.05) is 25.6 Å². The van der Waals surface area contributed by atoms with E-state index in [4.69, 9.17) is 9.47 Å². The van der Waals surface area contributed by atoms with Gasteiger partial charge in [-0.3, -0.25) is 0 Å². The normalized spacial score (nSPS) is 45.8. The van der Waals surface area contributed by atoms with Crippen LogP contribution in [0.4, 0.5) is 0 Å². The van der Waals surface area contributed by atoms with E-state index in [1.165, 1.54) is 56.9 Å². The number of fused-ring (bicyclic) bond motifs is 5. The first kappa shape index (κ1) is 25.7. The zero-order valence-corrected chi connectivity index (χ0v) is 22.7. The zero-order chi connectivity index (χ0) is 24.0. The number of ether oxygens (including phenoxy) is 2. The Morgan fingerprint density at radius 1 is 1.09 bits per heavy atom. The van der Waals surface area contributed by atoms with Crippen LogP contribution in [0.1, 0.15) is 106 Å². The highest BCUT2D eigenvalue weighted by Gasteiger charge is 2.66. The summed E-state index contributed by atoms with van der Waals surface area (Å²) < 4.78 is 12.7. The van der Waals surface area contributed by atoms with Gasteiger partial charge in [0.25, 0.3) is 0 Å². The molecule has 4 aliphatic rings. The summed E-state index contributed by atoms with van der Waals surface area (Å²) in [4.78, 5) is 0. The summed E-state index contributed by atoms with van der Waals surface area (Å²) in [5.41, 5.74) is 1.75. The highest BCUT2D eigenvalue weighted by Crippen LogP contribution is 2.69. The molecule has 0 bridgehead atoms. The van der Waals surface area contributed by atoms with E-state index in [0.717, 1.165) is 36.0 Å². The topological polar surface area (TPSA) is 38.7 Å². The maximum absolute atomic E-state index is 10.7. The molecule has 4 rings (SSSR count). The minimum absolute atomic E-state index is 0.137. The van der Waals surface area contributed by atoms with E-state index in [1.807, 2.05) is 0 Å². The molecule has 0 aromatic carbocycles. The second-order valence-corrected chi connectivity index (χ2v) is 13.0. The van der Waals surface area contributed by atoms with Crippen molar-refractivity contribution in [3.8, 4) is 0 Å². The van der Waals surface area contributed by atoms with Gasteiger partial charge in [0.1, 0.15) is 0 Å². The van der Waals surface area contributed by atoms with Gasteiger partial charge < -0.3 is 14.6 Å². The van der Waals surface area contributed by atoms with E-state index in [-0.39, 0.29) is 11.5 Å². The molecule has 4 aliphatic carbocycles. The van der Waals surface area contributed by atoms with Gasteiger partial charge in [0.05, 0.1) is 6.10 Å². The molecular weight excluding hydrogens is 408 g/mol. The van der Waals surface area contributed by atoms with Crippen molar-refractivity contribution in [2.45, 2.75) is 118 Å². The predicted octanol–water partition coefficient (Wildman–Crippen LogP) is 7.38. The molecule has 0 saturated heterocycles. The van der Waals surface area contributed by atoms with Crippen molar-refractivity contribution in [2.24, 2.45) is 46.3 Å². The molecule has 3 nitrogen and oxygen atoms in total. The summed E-state index contributed by atoms with van der Waals surface area (Å²) >= 11 is 0. The van der Waals surface area contributed by atoms with Gasteiger partial charge in [-0.25, -0.2) is 0 Å². The van der Waals surface area contributed by atoms with Gasteiger partial charge in [0.15, 0.2) is 5.79 Å². The molecule has 3 fully saturated rings. The Morgan fingerprint density at radius 2 is 1.85 bits per heavy atom. The third-order valence-corrected chi connectivity index (χ3v) is 11.1. The van der Waals surface area contributed by atoms with Gasteiger partial charge >= 0.3 is 0 Å². The smallest absolute Gasteiger partial charge is 0.179 e. The fraction of sp³-hybridized carbons (Fsp3) is 0.933. The van der Waals surface area contributed by atoms with E-state index in [2.05, 4.69) is 47.6 Å². The minimum atomic E-state index is -0.704. The lowest BCUT2D eigenvalue weighted by Gasteiger charge is -2.63. The van der Waals surface area contributed by atoms with E-state index in [0.29, 0.717) is 24.4 Å². The highest BCUT2D eigenvalue weighted by atomic mass is 16.7. The van der Waals surface area contributed by atoms with Gasteiger partial charge in [-0.1, -0.05) is 65.5 Å². The first-order valence-electron chi connectivity index (χ1n) is 14.2. The van der Waals surface area contributed by atoms with Crippen LogP contribution in [0.3, 0.4) is 0 Å². The largest absolute Gasteiger partial charge is 0.393 e. The molecule has 0 radical (unpaired) electrons. The van der Waals surface area contributed by atoms with E-state index >= 15 is 0 Å². The van der Waals surface area contributed by atoms with Crippen LogP contribution < -0.4 is 0 Å². The summed E-state index contributed by atoms with van der Waals surface area (Å²) in [6.07, 6.45) is 14.3. The predicted molar refractivity (Wildman–Crippen MR) is 136 cm³/mol. The Kier molecular flexibility index (Phi) is 7.46. The molecule has 190 valence electrons. The van der Waals surface area contributed by atoms with Crippen molar-refractivity contribution in [3.63, 3.8) is 0 Å². The zero-order valence-electron chi connectivity index (χ0n) is 22.7. The summed E-state index contributed by atoms with van der Waals surface area (Å²) in [7, 11) is 1.80. The molecule has 0 aromatic heterocycles. The quantitative estimate of drug-likeness (QED) is 0.303. The molecule has 0 spiro atoms. The molecule has 0 aromatic rings. The van der Waals surface area contributed by atoms with Gasteiger partial charge in [-0.15, -0.1) is 0 Å². The first-order chi connectivity index (χ1) is 15.6. The molecule has 33 heavy (non-hydrogen) atoms. The average molecular weight is 461 g/mol. The van der Waals surface area contributed by atoms with Crippen molar-refractivity contribution in [1.82, 2.24) is 0 Å². The second-order valence-electron chi connectivity index (χ2n) is 13.0. The Hall–Kier alpha value is -0.380. The van der Waals surface area contributed by atoms with Crippen LogP contribution in [0.5, 0.6) is 0 Å². The Balaban J connectivity index is 1.60. The fourth-order valence-corrected chi connectivity index (χ4v) is 9.55. The van der Waals surface area contributed by atoms with E-state index in [1.54, 1.807) is 7.11 Å². The van der Waals surface area contributed by atoms with Crippen LogP contribution in [0, 0.1) is 46.3 Å².